The van der Waals surface area contributed by atoms with Crippen molar-refractivity contribution in [1.29, 1.82) is 0 Å². The molecule has 3 aliphatic carbocycles. The van der Waals surface area contributed by atoms with Gasteiger partial charge in [-0.05, 0) is 61.8 Å². The van der Waals surface area contributed by atoms with Crippen molar-refractivity contribution in [2.24, 2.45) is 11.8 Å². The Balaban J connectivity index is 1.25. The molecule has 0 saturated heterocycles. The number of amides is 1. The van der Waals surface area contributed by atoms with E-state index in [1.165, 1.54) is 50.3 Å². The number of thiophene rings is 1. The molecule has 5 rings (SSSR count). The summed E-state index contributed by atoms with van der Waals surface area (Å²) in [5.41, 5.74) is 0. The second-order valence-electron chi connectivity index (χ2n) is 7.44. The second-order valence-corrected chi connectivity index (χ2v) is 9.33. The van der Waals surface area contributed by atoms with Crippen molar-refractivity contribution in [1.82, 2.24) is 20.1 Å². The fourth-order valence-corrected chi connectivity index (χ4v) is 5.02. The standard InChI is InChI=1S/C18H22N4OS2/c23-15(19-16(11-3-4-11)12-5-6-12)10-25-18-21-20-17(14-2-1-9-24-14)22(18)13-7-8-13/h1-2,9,11-13,16H,3-8,10H2,(H,19,23). The number of rotatable bonds is 8. The molecule has 3 saturated carbocycles. The number of carbonyl (C=O) groups is 1. The van der Waals surface area contributed by atoms with Gasteiger partial charge in [0, 0.05) is 12.1 Å². The molecule has 0 bridgehead atoms. The number of aromatic nitrogens is 3. The highest BCUT2D eigenvalue weighted by atomic mass is 32.2. The van der Waals surface area contributed by atoms with Crippen LogP contribution in [0.1, 0.15) is 44.6 Å². The van der Waals surface area contributed by atoms with Crippen LogP contribution in [-0.2, 0) is 4.79 Å². The van der Waals surface area contributed by atoms with E-state index in [-0.39, 0.29) is 5.91 Å². The van der Waals surface area contributed by atoms with Crippen LogP contribution in [0.2, 0.25) is 0 Å². The molecule has 2 heterocycles. The van der Waals surface area contributed by atoms with Gasteiger partial charge in [0.15, 0.2) is 11.0 Å². The molecular formula is C18H22N4OS2. The molecule has 0 aliphatic heterocycles. The van der Waals surface area contributed by atoms with Crippen LogP contribution in [0.4, 0.5) is 0 Å². The van der Waals surface area contributed by atoms with Crippen LogP contribution in [0.3, 0.4) is 0 Å². The molecule has 132 valence electrons. The van der Waals surface area contributed by atoms with Gasteiger partial charge in [-0.15, -0.1) is 21.5 Å². The number of nitrogens with zero attached hydrogens (tertiary/aromatic N) is 3. The molecule has 0 radical (unpaired) electrons. The Morgan fingerprint density at radius 1 is 1.24 bits per heavy atom. The molecule has 3 aliphatic rings. The van der Waals surface area contributed by atoms with E-state index in [0.717, 1.165) is 27.7 Å². The molecule has 7 heteroatoms. The lowest BCUT2D eigenvalue weighted by molar-refractivity contribution is -0.119. The zero-order valence-corrected chi connectivity index (χ0v) is 15.7. The summed E-state index contributed by atoms with van der Waals surface area (Å²) in [6, 6.07) is 5.06. The topological polar surface area (TPSA) is 59.8 Å². The van der Waals surface area contributed by atoms with E-state index in [4.69, 9.17) is 0 Å². The number of thioether (sulfide) groups is 1. The first-order chi connectivity index (χ1) is 12.3. The first-order valence-corrected chi connectivity index (χ1v) is 11.1. The van der Waals surface area contributed by atoms with Crippen molar-refractivity contribution in [3.05, 3.63) is 17.5 Å². The van der Waals surface area contributed by atoms with Gasteiger partial charge < -0.3 is 5.32 Å². The molecule has 1 N–H and O–H groups in total. The van der Waals surface area contributed by atoms with E-state index in [0.29, 0.717) is 17.8 Å². The zero-order chi connectivity index (χ0) is 16.8. The predicted octanol–water partition coefficient (Wildman–Crippen LogP) is 3.74. The predicted molar refractivity (Wildman–Crippen MR) is 99.7 cm³/mol. The minimum atomic E-state index is 0.150. The van der Waals surface area contributed by atoms with E-state index in [1.807, 2.05) is 6.07 Å². The summed E-state index contributed by atoms with van der Waals surface area (Å²) in [5.74, 6) is 3.01. The Hall–Kier alpha value is -1.34. The summed E-state index contributed by atoms with van der Waals surface area (Å²) >= 11 is 3.22. The van der Waals surface area contributed by atoms with Crippen LogP contribution < -0.4 is 5.32 Å². The van der Waals surface area contributed by atoms with Crippen molar-refractivity contribution in [2.45, 2.75) is 55.8 Å². The first kappa shape index (κ1) is 15.9. The maximum atomic E-state index is 12.4. The van der Waals surface area contributed by atoms with Crippen LogP contribution in [0.15, 0.2) is 22.7 Å². The van der Waals surface area contributed by atoms with Crippen molar-refractivity contribution >= 4 is 29.0 Å². The normalized spacial score (nSPS) is 20.2. The largest absolute Gasteiger partial charge is 0.352 e. The fourth-order valence-electron chi connectivity index (χ4n) is 3.50. The second kappa shape index (κ2) is 6.43. The van der Waals surface area contributed by atoms with E-state index in [2.05, 4.69) is 31.5 Å². The van der Waals surface area contributed by atoms with Crippen molar-refractivity contribution in [3.8, 4) is 10.7 Å². The Kier molecular flexibility index (Phi) is 4.08. The molecule has 0 aromatic carbocycles. The average Bonchev–Trinajstić information content (AvgIpc) is 3.50. The first-order valence-electron chi connectivity index (χ1n) is 9.20. The van der Waals surface area contributed by atoms with Crippen LogP contribution in [0.25, 0.3) is 10.7 Å². The maximum absolute atomic E-state index is 12.4. The Bertz CT molecular complexity index is 748. The zero-order valence-electron chi connectivity index (χ0n) is 14.1. The third-order valence-corrected chi connectivity index (χ3v) is 7.05. The van der Waals surface area contributed by atoms with Gasteiger partial charge in [0.25, 0.3) is 0 Å². The Morgan fingerprint density at radius 2 is 2.00 bits per heavy atom. The van der Waals surface area contributed by atoms with Gasteiger partial charge >= 0.3 is 0 Å². The van der Waals surface area contributed by atoms with E-state index in [9.17, 15) is 4.79 Å². The van der Waals surface area contributed by atoms with Crippen molar-refractivity contribution in [2.75, 3.05) is 5.75 Å². The molecule has 3 fully saturated rings. The lowest BCUT2D eigenvalue weighted by atomic mass is 10.1. The van der Waals surface area contributed by atoms with Gasteiger partial charge in [-0.2, -0.15) is 0 Å². The SMILES string of the molecule is O=C(CSc1nnc(-c2cccs2)n1C1CC1)NC(C1CC1)C1CC1. The highest BCUT2D eigenvalue weighted by Gasteiger charge is 2.42. The van der Waals surface area contributed by atoms with E-state index < -0.39 is 0 Å². The maximum Gasteiger partial charge on any atom is 0.230 e. The third-order valence-electron chi connectivity index (χ3n) is 5.24. The third kappa shape index (κ3) is 3.49. The van der Waals surface area contributed by atoms with Gasteiger partial charge in [-0.3, -0.25) is 9.36 Å². The molecule has 25 heavy (non-hydrogen) atoms. The van der Waals surface area contributed by atoms with Gasteiger partial charge in [-0.25, -0.2) is 0 Å². The van der Waals surface area contributed by atoms with Crippen LogP contribution in [0.5, 0.6) is 0 Å². The highest BCUT2D eigenvalue weighted by Crippen LogP contribution is 2.45. The van der Waals surface area contributed by atoms with E-state index >= 15 is 0 Å². The summed E-state index contributed by atoms with van der Waals surface area (Å²) in [5, 5.41) is 15.0. The van der Waals surface area contributed by atoms with Crippen LogP contribution >= 0.6 is 23.1 Å². The highest BCUT2D eigenvalue weighted by molar-refractivity contribution is 7.99. The monoisotopic (exact) mass is 374 g/mol. The lowest BCUT2D eigenvalue weighted by Crippen LogP contribution is -2.39. The van der Waals surface area contributed by atoms with Crippen LogP contribution in [-0.4, -0.2) is 32.5 Å². The van der Waals surface area contributed by atoms with Gasteiger partial charge in [0.2, 0.25) is 5.91 Å². The molecule has 5 nitrogen and oxygen atoms in total. The van der Waals surface area contributed by atoms with E-state index in [1.54, 1.807) is 11.3 Å². The minimum Gasteiger partial charge on any atom is -0.352 e. The summed E-state index contributed by atoms with van der Waals surface area (Å²) in [4.78, 5) is 13.6. The molecule has 0 unspecified atom stereocenters. The summed E-state index contributed by atoms with van der Waals surface area (Å²) in [6.45, 7) is 0. The average molecular weight is 375 g/mol. The molecule has 0 spiro atoms. The van der Waals surface area contributed by atoms with Gasteiger partial charge in [0.1, 0.15) is 0 Å². The fraction of sp³-hybridized carbons (Fsp3) is 0.611. The summed E-state index contributed by atoms with van der Waals surface area (Å²) in [7, 11) is 0. The number of hydrogen-bond acceptors (Lipinski definition) is 5. The number of carbonyl (C=O) groups excluding carboxylic acids is 1. The molecule has 2 aromatic heterocycles. The summed E-state index contributed by atoms with van der Waals surface area (Å²) in [6.07, 6.45) is 7.51. The molecule has 0 atom stereocenters. The Labute approximate surface area is 155 Å². The quantitative estimate of drug-likeness (QED) is 0.715. The van der Waals surface area contributed by atoms with Gasteiger partial charge in [0.05, 0.1) is 10.6 Å². The number of nitrogens with one attached hydrogen (secondary N) is 1. The molecular weight excluding hydrogens is 352 g/mol. The minimum absolute atomic E-state index is 0.150. The van der Waals surface area contributed by atoms with Crippen LogP contribution in [0, 0.1) is 11.8 Å². The lowest BCUT2D eigenvalue weighted by Gasteiger charge is -2.17. The van der Waals surface area contributed by atoms with Gasteiger partial charge in [-0.1, -0.05) is 17.8 Å². The molecule has 2 aromatic rings. The number of hydrogen-bond donors (Lipinski definition) is 1. The Morgan fingerprint density at radius 3 is 2.60 bits per heavy atom. The summed E-state index contributed by atoms with van der Waals surface area (Å²) < 4.78 is 2.24. The molecule has 1 amide bonds. The van der Waals surface area contributed by atoms with Crippen molar-refractivity contribution in [3.63, 3.8) is 0 Å². The van der Waals surface area contributed by atoms with Crippen molar-refractivity contribution < 1.29 is 4.79 Å². The smallest absolute Gasteiger partial charge is 0.230 e.